The average Bonchev–Trinajstić information content (AvgIpc) is 2.54. The standard InChI is InChI=1S/C19H29N3O2.ClH/c1-13-5-7-14(8-6-13)17(23)21-15-9-11-22(12-10-15)18(24)16(20)19(2,3)4;/h5-8,15-16H,9-12,20H2,1-4H3,(H,21,23);1H/t16-;/m1./s1. The van der Waals surface area contributed by atoms with Crippen molar-refractivity contribution in [1.82, 2.24) is 10.2 Å². The molecule has 0 aliphatic carbocycles. The van der Waals surface area contributed by atoms with Crippen LogP contribution >= 0.6 is 12.4 Å². The van der Waals surface area contributed by atoms with Crippen molar-refractivity contribution >= 4 is 24.2 Å². The molecule has 0 bridgehead atoms. The first kappa shape index (κ1) is 21.5. The van der Waals surface area contributed by atoms with Crippen LogP contribution in [0.1, 0.15) is 49.5 Å². The number of carbonyl (C=O) groups is 2. The second-order valence-corrected chi connectivity index (χ2v) is 7.78. The molecule has 1 atom stereocenters. The van der Waals surface area contributed by atoms with Crippen LogP contribution in [0.2, 0.25) is 0 Å². The van der Waals surface area contributed by atoms with E-state index in [1.54, 1.807) is 0 Å². The summed E-state index contributed by atoms with van der Waals surface area (Å²) in [6, 6.07) is 7.16. The van der Waals surface area contributed by atoms with Gasteiger partial charge in [0, 0.05) is 24.7 Å². The highest BCUT2D eigenvalue weighted by Gasteiger charge is 2.33. The number of nitrogens with zero attached hydrogens (tertiary/aromatic N) is 1. The van der Waals surface area contributed by atoms with Crippen LogP contribution in [-0.4, -0.2) is 41.9 Å². The molecule has 0 unspecified atom stereocenters. The lowest BCUT2D eigenvalue weighted by Crippen LogP contribution is -2.54. The van der Waals surface area contributed by atoms with Crippen molar-refractivity contribution in [2.75, 3.05) is 13.1 Å². The molecule has 6 heteroatoms. The molecular formula is C19H30ClN3O2. The van der Waals surface area contributed by atoms with Gasteiger partial charge in [-0.15, -0.1) is 12.4 Å². The molecule has 1 aromatic rings. The lowest BCUT2D eigenvalue weighted by atomic mass is 9.86. The fourth-order valence-electron chi connectivity index (χ4n) is 2.78. The largest absolute Gasteiger partial charge is 0.349 e. The van der Waals surface area contributed by atoms with E-state index in [0.29, 0.717) is 18.7 Å². The Morgan fingerprint density at radius 1 is 1.16 bits per heavy atom. The molecular weight excluding hydrogens is 338 g/mol. The van der Waals surface area contributed by atoms with Gasteiger partial charge in [-0.1, -0.05) is 38.5 Å². The number of amides is 2. The Morgan fingerprint density at radius 3 is 2.16 bits per heavy atom. The Morgan fingerprint density at radius 2 is 1.68 bits per heavy atom. The van der Waals surface area contributed by atoms with Crippen LogP contribution in [0, 0.1) is 12.3 Å². The van der Waals surface area contributed by atoms with E-state index in [1.165, 1.54) is 0 Å². The number of hydrogen-bond donors (Lipinski definition) is 2. The molecule has 25 heavy (non-hydrogen) atoms. The fraction of sp³-hybridized carbons (Fsp3) is 0.579. The minimum absolute atomic E-state index is 0. The molecule has 3 N–H and O–H groups in total. The van der Waals surface area contributed by atoms with Crippen molar-refractivity contribution in [3.8, 4) is 0 Å². The van der Waals surface area contributed by atoms with Crippen molar-refractivity contribution in [3.63, 3.8) is 0 Å². The van der Waals surface area contributed by atoms with Gasteiger partial charge >= 0.3 is 0 Å². The van der Waals surface area contributed by atoms with Gasteiger partial charge in [0.05, 0.1) is 6.04 Å². The SMILES string of the molecule is Cc1ccc(C(=O)NC2CCN(C(=O)[C@@H](N)C(C)(C)C)CC2)cc1.Cl. The molecule has 1 aromatic carbocycles. The first-order valence-electron chi connectivity index (χ1n) is 8.60. The number of hydrogen-bond acceptors (Lipinski definition) is 3. The summed E-state index contributed by atoms with van der Waals surface area (Å²) in [6.45, 7) is 9.21. The third-order valence-corrected chi connectivity index (χ3v) is 4.65. The Balaban J connectivity index is 0.00000312. The van der Waals surface area contributed by atoms with Gasteiger partial charge in [-0.2, -0.15) is 0 Å². The van der Waals surface area contributed by atoms with Crippen LogP contribution in [0.25, 0.3) is 0 Å². The van der Waals surface area contributed by atoms with Crippen molar-refractivity contribution in [2.24, 2.45) is 11.1 Å². The number of nitrogens with one attached hydrogen (secondary N) is 1. The third-order valence-electron chi connectivity index (χ3n) is 4.65. The van der Waals surface area contributed by atoms with E-state index in [9.17, 15) is 9.59 Å². The van der Waals surface area contributed by atoms with Gasteiger partial charge in [-0.25, -0.2) is 0 Å². The number of aryl methyl sites for hydroxylation is 1. The summed E-state index contributed by atoms with van der Waals surface area (Å²) in [5, 5.41) is 3.07. The molecule has 0 spiro atoms. The summed E-state index contributed by atoms with van der Waals surface area (Å²) in [4.78, 5) is 26.5. The Labute approximate surface area is 156 Å². The summed E-state index contributed by atoms with van der Waals surface area (Å²) in [5.74, 6) is -0.0445. The van der Waals surface area contributed by atoms with Crippen molar-refractivity contribution < 1.29 is 9.59 Å². The summed E-state index contributed by atoms with van der Waals surface area (Å²) in [6.07, 6.45) is 1.53. The van der Waals surface area contributed by atoms with Crippen molar-refractivity contribution in [3.05, 3.63) is 35.4 Å². The molecule has 0 radical (unpaired) electrons. The van der Waals surface area contributed by atoms with Gasteiger partial charge in [0.25, 0.3) is 5.91 Å². The van der Waals surface area contributed by atoms with E-state index in [-0.39, 0.29) is 35.7 Å². The molecule has 0 aromatic heterocycles. The molecule has 1 saturated heterocycles. The Bertz CT molecular complexity index is 588. The Hall–Kier alpha value is -1.59. The van der Waals surface area contributed by atoms with Crippen molar-refractivity contribution in [1.29, 1.82) is 0 Å². The lowest BCUT2D eigenvalue weighted by Gasteiger charge is -2.36. The fourth-order valence-corrected chi connectivity index (χ4v) is 2.78. The van der Waals surface area contributed by atoms with E-state index in [2.05, 4.69) is 5.32 Å². The van der Waals surface area contributed by atoms with Crippen LogP contribution < -0.4 is 11.1 Å². The maximum atomic E-state index is 12.4. The first-order chi connectivity index (χ1) is 11.2. The topological polar surface area (TPSA) is 75.4 Å². The monoisotopic (exact) mass is 367 g/mol. The number of nitrogens with two attached hydrogens (primary N) is 1. The highest BCUT2D eigenvalue weighted by atomic mass is 35.5. The average molecular weight is 368 g/mol. The van der Waals surface area contributed by atoms with Gasteiger partial charge in [-0.05, 0) is 37.3 Å². The van der Waals surface area contributed by atoms with Crippen molar-refractivity contribution in [2.45, 2.75) is 52.6 Å². The predicted molar refractivity (Wildman–Crippen MR) is 103 cm³/mol. The minimum Gasteiger partial charge on any atom is -0.349 e. The molecule has 2 amide bonds. The molecule has 5 nitrogen and oxygen atoms in total. The number of likely N-dealkylation sites (tertiary alicyclic amines) is 1. The van der Waals surface area contributed by atoms with Gasteiger partial charge in [0.1, 0.15) is 0 Å². The minimum atomic E-state index is -0.490. The van der Waals surface area contributed by atoms with E-state index in [1.807, 2.05) is 56.9 Å². The summed E-state index contributed by atoms with van der Waals surface area (Å²) < 4.78 is 0. The van der Waals surface area contributed by atoms with Crippen LogP contribution in [0.5, 0.6) is 0 Å². The number of carbonyl (C=O) groups excluding carboxylic acids is 2. The summed E-state index contributed by atoms with van der Waals surface area (Å²) >= 11 is 0. The predicted octanol–water partition coefficient (Wildman–Crippen LogP) is 2.51. The number of halogens is 1. The van der Waals surface area contributed by atoms with E-state index in [0.717, 1.165) is 18.4 Å². The zero-order chi connectivity index (χ0) is 17.9. The van der Waals surface area contributed by atoms with E-state index >= 15 is 0 Å². The summed E-state index contributed by atoms with van der Waals surface area (Å²) in [7, 11) is 0. The Kier molecular flexibility index (Phi) is 7.44. The molecule has 1 aliphatic rings. The maximum Gasteiger partial charge on any atom is 0.251 e. The van der Waals surface area contributed by atoms with Gasteiger partial charge in [0.15, 0.2) is 0 Å². The van der Waals surface area contributed by atoms with Crippen LogP contribution in [0.4, 0.5) is 0 Å². The molecule has 1 heterocycles. The first-order valence-corrected chi connectivity index (χ1v) is 8.60. The summed E-state index contributed by atoms with van der Waals surface area (Å²) in [5.41, 5.74) is 7.63. The molecule has 1 fully saturated rings. The molecule has 2 rings (SSSR count). The van der Waals surface area contributed by atoms with Gasteiger partial charge < -0.3 is 16.0 Å². The van der Waals surface area contributed by atoms with E-state index in [4.69, 9.17) is 5.73 Å². The van der Waals surface area contributed by atoms with Crippen LogP contribution in [-0.2, 0) is 4.79 Å². The maximum absolute atomic E-state index is 12.4. The van der Waals surface area contributed by atoms with Crippen LogP contribution in [0.15, 0.2) is 24.3 Å². The normalized spacial score (nSPS) is 16.8. The molecule has 140 valence electrons. The number of piperidine rings is 1. The zero-order valence-corrected chi connectivity index (χ0v) is 16.4. The highest BCUT2D eigenvalue weighted by molar-refractivity contribution is 5.94. The number of benzene rings is 1. The van der Waals surface area contributed by atoms with Crippen LogP contribution in [0.3, 0.4) is 0 Å². The smallest absolute Gasteiger partial charge is 0.251 e. The second-order valence-electron chi connectivity index (χ2n) is 7.78. The van der Waals surface area contributed by atoms with Gasteiger partial charge in [0.2, 0.25) is 5.91 Å². The highest BCUT2D eigenvalue weighted by Crippen LogP contribution is 2.21. The van der Waals surface area contributed by atoms with Gasteiger partial charge in [-0.3, -0.25) is 9.59 Å². The third kappa shape index (κ3) is 5.72. The molecule has 0 saturated carbocycles. The molecule has 1 aliphatic heterocycles. The quantitative estimate of drug-likeness (QED) is 0.861. The number of rotatable bonds is 3. The second kappa shape index (κ2) is 8.68. The zero-order valence-electron chi connectivity index (χ0n) is 15.5. The lowest BCUT2D eigenvalue weighted by molar-refractivity contribution is -0.136. The van der Waals surface area contributed by atoms with E-state index < -0.39 is 6.04 Å².